The van der Waals surface area contributed by atoms with E-state index >= 15 is 0 Å². The van der Waals surface area contributed by atoms with Gasteiger partial charge in [0.1, 0.15) is 0 Å². The van der Waals surface area contributed by atoms with E-state index in [-0.39, 0.29) is 5.54 Å². The van der Waals surface area contributed by atoms with E-state index in [1.807, 2.05) is 0 Å². The molecular weight excluding hydrogens is 244 g/mol. The largest absolute Gasteiger partial charge is 0.384 e. The van der Waals surface area contributed by atoms with Gasteiger partial charge in [-0.25, -0.2) is 0 Å². The molecule has 2 saturated carbocycles. The Kier molecular flexibility index (Phi) is 3.76. The van der Waals surface area contributed by atoms with Crippen molar-refractivity contribution in [2.24, 2.45) is 11.1 Å². The summed E-state index contributed by atoms with van der Waals surface area (Å²) in [5.41, 5.74) is 9.77. The predicted octanol–water partition coefficient (Wildman–Crippen LogP) is 4.10. The summed E-state index contributed by atoms with van der Waals surface area (Å²) in [5, 5.41) is 3.65. The van der Waals surface area contributed by atoms with Crippen molar-refractivity contribution in [1.29, 1.82) is 0 Å². The number of rotatable bonds is 6. The van der Waals surface area contributed by atoms with Crippen LogP contribution in [0.3, 0.4) is 0 Å². The first kappa shape index (κ1) is 13.9. The minimum absolute atomic E-state index is 0.172. The molecule has 0 aliphatic heterocycles. The summed E-state index contributed by atoms with van der Waals surface area (Å²) in [5.74, 6) is 0. The van der Waals surface area contributed by atoms with Crippen molar-refractivity contribution in [2.75, 3.05) is 11.9 Å². The highest BCUT2D eigenvalue weighted by Crippen LogP contribution is 2.55. The van der Waals surface area contributed by atoms with Gasteiger partial charge in [0.25, 0.3) is 0 Å². The van der Waals surface area contributed by atoms with E-state index < -0.39 is 0 Å². The highest BCUT2D eigenvalue weighted by atomic mass is 14.9. The van der Waals surface area contributed by atoms with Gasteiger partial charge >= 0.3 is 0 Å². The Morgan fingerprint density at radius 1 is 1.10 bits per heavy atom. The van der Waals surface area contributed by atoms with Crippen LogP contribution in [0, 0.1) is 5.41 Å². The number of hydrogen-bond donors (Lipinski definition) is 2. The zero-order chi connectivity index (χ0) is 14.1. The molecule has 1 aromatic carbocycles. The Morgan fingerprint density at radius 2 is 1.80 bits per heavy atom. The second-order valence-corrected chi connectivity index (χ2v) is 7.19. The van der Waals surface area contributed by atoms with E-state index in [1.54, 1.807) is 0 Å². The summed E-state index contributed by atoms with van der Waals surface area (Å²) < 4.78 is 0. The van der Waals surface area contributed by atoms with Gasteiger partial charge in [0, 0.05) is 17.8 Å². The molecule has 0 saturated heterocycles. The normalized spacial score (nSPS) is 31.7. The highest BCUT2D eigenvalue weighted by Gasteiger charge is 2.51. The Balaban J connectivity index is 1.54. The van der Waals surface area contributed by atoms with Crippen LogP contribution >= 0.6 is 0 Å². The minimum Gasteiger partial charge on any atom is -0.384 e. The van der Waals surface area contributed by atoms with E-state index in [4.69, 9.17) is 5.73 Å². The minimum atomic E-state index is 0.172. The zero-order valence-electron chi connectivity index (χ0n) is 12.8. The molecule has 2 nitrogen and oxygen atoms in total. The molecule has 3 rings (SSSR count). The lowest BCUT2D eigenvalue weighted by Crippen LogP contribution is -2.33. The van der Waals surface area contributed by atoms with Crippen molar-refractivity contribution in [2.45, 2.75) is 63.8 Å². The van der Waals surface area contributed by atoms with Gasteiger partial charge in [0.05, 0.1) is 0 Å². The quantitative estimate of drug-likeness (QED) is 0.818. The fraction of sp³-hybridized carbons (Fsp3) is 0.667. The molecule has 0 heterocycles. The van der Waals surface area contributed by atoms with Gasteiger partial charge < -0.3 is 11.1 Å². The van der Waals surface area contributed by atoms with Crippen LogP contribution in [0.25, 0.3) is 0 Å². The first-order valence-electron chi connectivity index (χ1n) is 8.25. The van der Waals surface area contributed by atoms with Gasteiger partial charge in [-0.1, -0.05) is 25.5 Å². The van der Waals surface area contributed by atoms with Gasteiger partial charge in [0.2, 0.25) is 0 Å². The predicted molar refractivity (Wildman–Crippen MR) is 86.0 cm³/mol. The lowest BCUT2D eigenvalue weighted by atomic mass is 9.84. The van der Waals surface area contributed by atoms with Gasteiger partial charge in [-0.15, -0.1) is 0 Å². The lowest BCUT2D eigenvalue weighted by Gasteiger charge is -2.27. The van der Waals surface area contributed by atoms with E-state index in [9.17, 15) is 0 Å². The molecule has 0 spiro atoms. The van der Waals surface area contributed by atoms with Gasteiger partial charge in [-0.05, 0) is 68.1 Å². The van der Waals surface area contributed by atoms with Crippen molar-refractivity contribution in [3.05, 3.63) is 29.8 Å². The molecule has 0 unspecified atom stereocenters. The fourth-order valence-corrected chi connectivity index (χ4v) is 4.08. The summed E-state index contributed by atoms with van der Waals surface area (Å²) in [6.07, 6.45) is 10.1. The molecule has 110 valence electrons. The van der Waals surface area contributed by atoms with Crippen molar-refractivity contribution in [3.8, 4) is 0 Å². The number of aryl methyl sites for hydroxylation is 1. The number of hydrogen-bond acceptors (Lipinski definition) is 2. The Hall–Kier alpha value is -1.02. The first-order chi connectivity index (χ1) is 9.63. The van der Waals surface area contributed by atoms with E-state index in [2.05, 4.69) is 36.5 Å². The van der Waals surface area contributed by atoms with Crippen LogP contribution in [0.5, 0.6) is 0 Å². The van der Waals surface area contributed by atoms with Crippen LogP contribution < -0.4 is 11.1 Å². The number of fused-ring (bicyclic) bond motifs is 2. The molecule has 2 bridgehead atoms. The molecule has 1 aromatic rings. The first-order valence-corrected chi connectivity index (χ1v) is 8.25. The maximum absolute atomic E-state index is 6.39. The molecule has 2 aliphatic rings. The van der Waals surface area contributed by atoms with Crippen LogP contribution in [0.4, 0.5) is 5.69 Å². The molecule has 2 fully saturated rings. The molecular formula is C18H28N2. The molecule has 0 amide bonds. The average molecular weight is 272 g/mol. The topological polar surface area (TPSA) is 38.0 Å². The third kappa shape index (κ3) is 2.85. The number of nitrogens with one attached hydrogen (secondary N) is 1. The molecule has 3 N–H and O–H groups in total. The van der Waals surface area contributed by atoms with Crippen LogP contribution in [-0.2, 0) is 6.42 Å². The summed E-state index contributed by atoms with van der Waals surface area (Å²) in [6, 6.07) is 9.01. The van der Waals surface area contributed by atoms with E-state index in [0.29, 0.717) is 5.41 Å². The SMILES string of the molecule is CCCCc1ccc(NCC23CCC(N)(CC2)C3)cc1. The van der Waals surface area contributed by atoms with Crippen molar-refractivity contribution in [3.63, 3.8) is 0 Å². The molecule has 2 aliphatic carbocycles. The highest BCUT2D eigenvalue weighted by molar-refractivity contribution is 5.45. The monoisotopic (exact) mass is 272 g/mol. The molecule has 2 heteroatoms. The molecule has 0 atom stereocenters. The number of anilines is 1. The second kappa shape index (κ2) is 5.40. The Bertz CT molecular complexity index is 441. The maximum Gasteiger partial charge on any atom is 0.0340 e. The zero-order valence-corrected chi connectivity index (χ0v) is 12.8. The average Bonchev–Trinajstić information content (AvgIpc) is 2.98. The third-order valence-corrected chi connectivity index (χ3v) is 5.47. The Morgan fingerprint density at radius 3 is 2.35 bits per heavy atom. The van der Waals surface area contributed by atoms with Crippen molar-refractivity contribution >= 4 is 5.69 Å². The van der Waals surface area contributed by atoms with Crippen molar-refractivity contribution < 1.29 is 0 Å². The van der Waals surface area contributed by atoms with Crippen LogP contribution in [-0.4, -0.2) is 12.1 Å². The third-order valence-electron chi connectivity index (χ3n) is 5.47. The van der Waals surface area contributed by atoms with Gasteiger partial charge in [-0.3, -0.25) is 0 Å². The van der Waals surface area contributed by atoms with Crippen LogP contribution in [0.2, 0.25) is 0 Å². The second-order valence-electron chi connectivity index (χ2n) is 7.19. The summed E-state index contributed by atoms with van der Waals surface area (Å²) >= 11 is 0. The standard InChI is InChI=1S/C18H28N2/c1-2-3-4-15-5-7-16(8-6-15)20-14-17-9-11-18(19,13-17)12-10-17/h5-8,20H,2-4,9-14,19H2,1H3. The van der Waals surface area contributed by atoms with Gasteiger partial charge in [-0.2, -0.15) is 0 Å². The summed E-state index contributed by atoms with van der Waals surface area (Å²) in [7, 11) is 0. The fourth-order valence-electron chi connectivity index (χ4n) is 4.08. The smallest absolute Gasteiger partial charge is 0.0340 e. The molecule has 0 aromatic heterocycles. The van der Waals surface area contributed by atoms with E-state index in [0.717, 1.165) is 6.54 Å². The number of nitrogens with two attached hydrogens (primary N) is 1. The number of benzene rings is 1. The van der Waals surface area contributed by atoms with Crippen molar-refractivity contribution in [1.82, 2.24) is 0 Å². The molecule has 20 heavy (non-hydrogen) atoms. The van der Waals surface area contributed by atoms with Crippen LogP contribution in [0.15, 0.2) is 24.3 Å². The summed E-state index contributed by atoms with van der Waals surface area (Å²) in [6.45, 7) is 3.34. The van der Waals surface area contributed by atoms with E-state index in [1.165, 1.54) is 62.6 Å². The molecule has 0 radical (unpaired) electrons. The van der Waals surface area contributed by atoms with Crippen LogP contribution in [0.1, 0.15) is 57.4 Å². The van der Waals surface area contributed by atoms with Gasteiger partial charge in [0.15, 0.2) is 0 Å². The lowest BCUT2D eigenvalue weighted by molar-refractivity contribution is 0.313. The maximum atomic E-state index is 6.39. The number of unbranched alkanes of at least 4 members (excludes halogenated alkanes) is 1. The summed E-state index contributed by atoms with van der Waals surface area (Å²) in [4.78, 5) is 0. The Labute approximate surface area is 123 Å².